The van der Waals surface area contributed by atoms with Crippen LogP contribution < -0.4 is 5.43 Å². The van der Waals surface area contributed by atoms with Gasteiger partial charge in [-0.15, -0.1) is 0 Å². The summed E-state index contributed by atoms with van der Waals surface area (Å²) in [4.78, 5) is 13.2. The Bertz CT molecular complexity index is 1160. The predicted molar refractivity (Wildman–Crippen MR) is 109 cm³/mol. The fourth-order valence-corrected chi connectivity index (χ4v) is 3.62. The van der Waals surface area contributed by atoms with E-state index in [4.69, 9.17) is 0 Å². The molecule has 1 aromatic heterocycles. The van der Waals surface area contributed by atoms with Gasteiger partial charge in [0.1, 0.15) is 5.75 Å². The van der Waals surface area contributed by atoms with Crippen molar-refractivity contribution in [2.75, 3.05) is 0 Å². The summed E-state index contributed by atoms with van der Waals surface area (Å²) in [5, 5.41) is 10.4. The number of rotatable bonds is 2. The van der Waals surface area contributed by atoms with Crippen LogP contribution in [-0.2, 0) is 0 Å². The highest BCUT2D eigenvalue weighted by molar-refractivity contribution is 9.10. The van der Waals surface area contributed by atoms with Crippen LogP contribution >= 0.6 is 15.9 Å². The standard InChI is InChI=1S/C22H16BrNO2/c1-14-21(15-5-3-2-4-6-15)22(26)19-13-18(25)11-12-20(19)24(14)17-9-7-16(23)8-10-17/h2-13,25H,1H3. The molecule has 0 bridgehead atoms. The van der Waals surface area contributed by atoms with Crippen molar-refractivity contribution >= 4 is 26.8 Å². The van der Waals surface area contributed by atoms with Crippen molar-refractivity contribution in [2.45, 2.75) is 6.92 Å². The Hall–Kier alpha value is -2.85. The van der Waals surface area contributed by atoms with Crippen molar-refractivity contribution in [3.8, 4) is 22.6 Å². The molecule has 0 radical (unpaired) electrons. The van der Waals surface area contributed by atoms with Crippen LogP contribution in [0, 0.1) is 6.92 Å². The molecule has 3 nitrogen and oxygen atoms in total. The van der Waals surface area contributed by atoms with Crippen molar-refractivity contribution in [3.63, 3.8) is 0 Å². The number of nitrogens with zero attached hydrogens (tertiary/aromatic N) is 1. The Morgan fingerprint density at radius 2 is 1.62 bits per heavy atom. The molecule has 0 aliphatic heterocycles. The van der Waals surface area contributed by atoms with Crippen molar-refractivity contribution in [1.29, 1.82) is 0 Å². The van der Waals surface area contributed by atoms with E-state index in [1.807, 2.05) is 61.5 Å². The molecule has 1 N–H and O–H groups in total. The lowest BCUT2D eigenvalue weighted by molar-refractivity contribution is 0.476. The van der Waals surface area contributed by atoms with Crippen LogP contribution in [0.1, 0.15) is 5.69 Å². The normalized spacial score (nSPS) is 11.0. The number of hydrogen-bond acceptors (Lipinski definition) is 2. The smallest absolute Gasteiger partial charge is 0.197 e. The summed E-state index contributed by atoms with van der Waals surface area (Å²) in [6, 6.07) is 22.5. The number of pyridine rings is 1. The predicted octanol–water partition coefficient (Wildman–Crippen LogP) is 5.43. The minimum Gasteiger partial charge on any atom is -0.508 e. The molecule has 0 aliphatic rings. The zero-order valence-electron chi connectivity index (χ0n) is 14.1. The number of hydrogen-bond donors (Lipinski definition) is 1. The van der Waals surface area contributed by atoms with E-state index in [2.05, 4.69) is 20.5 Å². The first-order valence-corrected chi connectivity index (χ1v) is 9.05. The largest absolute Gasteiger partial charge is 0.508 e. The van der Waals surface area contributed by atoms with Gasteiger partial charge < -0.3 is 9.67 Å². The van der Waals surface area contributed by atoms with Gasteiger partial charge in [0, 0.05) is 21.4 Å². The minimum atomic E-state index is -0.0760. The van der Waals surface area contributed by atoms with E-state index in [-0.39, 0.29) is 11.2 Å². The molecule has 3 aromatic carbocycles. The number of aromatic hydroxyl groups is 1. The van der Waals surface area contributed by atoms with Gasteiger partial charge in [-0.3, -0.25) is 4.79 Å². The number of phenols is 1. The first-order chi connectivity index (χ1) is 12.6. The van der Waals surface area contributed by atoms with Crippen LogP contribution in [0.3, 0.4) is 0 Å². The molecule has 0 fully saturated rings. The fraction of sp³-hybridized carbons (Fsp3) is 0.0455. The van der Waals surface area contributed by atoms with Crippen molar-refractivity contribution in [2.24, 2.45) is 0 Å². The van der Waals surface area contributed by atoms with E-state index >= 15 is 0 Å². The van der Waals surface area contributed by atoms with E-state index in [0.29, 0.717) is 10.9 Å². The van der Waals surface area contributed by atoms with E-state index in [9.17, 15) is 9.90 Å². The molecule has 0 spiro atoms. The van der Waals surface area contributed by atoms with Crippen LogP contribution in [0.15, 0.2) is 82.1 Å². The molecule has 0 unspecified atom stereocenters. The zero-order chi connectivity index (χ0) is 18.3. The molecule has 0 atom stereocenters. The Labute approximate surface area is 159 Å². The summed E-state index contributed by atoms with van der Waals surface area (Å²) in [5.74, 6) is 0.0832. The number of phenolic OH excluding ortho intramolecular Hbond substituents is 1. The molecular formula is C22H16BrNO2. The summed E-state index contributed by atoms with van der Waals surface area (Å²) in [6.07, 6.45) is 0. The molecule has 0 saturated heterocycles. The molecule has 26 heavy (non-hydrogen) atoms. The van der Waals surface area contributed by atoms with Gasteiger partial charge in [-0.2, -0.15) is 0 Å². The van der Waals surface area contributed by atoms with E-state index < -0.39 is 0 Å². The van der Waals surface area contributed by atoms with E-state index in [1.54, 1.807) is 18.2 Å². The van der Waals surface area contributed by atoms with Crippen LogP contribution in [-0.4, -0.2) is 9.67 Å². The summed E-state index contributed by atoms with van der Waals surface area (Å²) >= 11 is 3.47. The van der Waals surface area contributed by atoms with Gasteiger partial charge in [0.15, 0.2) is 5.43 Å². The third kappa shape index (κ3) is 2.72. The van der Waals surface area contributed by atoms with E-state index in [1.165, 1.54) is 0 Å². The van der Waals surface area contributed by atoms with Gasteiger partial charge in [-0.05, 0) is 55.0 Å². The van der Waals surface area contributed by atoms with Crippen molar-refractivity contribution < 1.29 is 5.11 Å². The topological polar surface area (TPSA) is 42.2 Å². The molecule has 4 aromatic rings. The highest BCUT2D eigenvalue weighted by Gasteiger charge is 2.17. The van der Waals surface area contributed by atoms with Crippen molar-refractivity contribution in [3.05, 3.63) is 93.2 Å². The van der Waals surface area contributed by atoms with Gasteiger partial charge in [0.05, 0.1) is 10.9 Å². The Kier molecular flexibility index (Phi) is 4.13. The average molecular weight is 406 g/mol. The average Bonchev–Trinajstić information content (AvgIpc) is 2.65. The lowest BCUT2D eigenvalue weighted by atomic mass is 10.00. The molecule has 0 aliphatic carbocycles. The maximum atomic E-state index is 13.2. The summed E-state index contributed by atoms with van der Waals surface area (Å²) in [7, 11) is 0. The SMILES string of the molecule is Cc1c(-c2ccccc2)c(=O)c2cc(O)ccc2n1-c1ccc(Br)cc1. The monoisotopic (exact) mass is 405 g/mol. The first-order valence-electron chi connectivity index (χ1n) is 8.26. The third-order valence-electron chi connectivity index (χ3n) is 4.54. The Morgan fingerprint density at radius 3 is 2.31 bits per heavy atom. The Balaban J connectivity index is 2.17. The third-order valence-corrected chi connectivity index (χ3v) is 5.07. The second kappa shape index (κ2) is 6.46. The van der Waals surface area contributed by atoms with Crippen LogP contribution in [0.25, 0.3) is 27.7 Å². The highest BCUT2D eigenvalue weighted by Crippen LogP contribution is 2.29. The molecule has 4 rings (SSSR count). The summed E-state index contributed by atoms with van der Waals surface area (Å²) in [6.45, 7) is 1.96. The second-order valence-electron chi connectivity index (χ2n) is 6.17. The first kappa shape index (κ1) is 16.6. The van der Waals surface area contributed by atoms with Gasteiger partial charge in [-0.25, -0.2) is 0 Å². The Morgan fingerprint density at radius 1 is 0.923 bits per heavy atom. The quantitative estimate of drug-likeness (QED) is 0.482. The molecule has 0 amide bonds. The minimum absolute atomic E-state index is 0.0760. The van der Waals surface area contributed by atoms with Gasteiger partial charge in [0.2, 0.25) is 0 Å². The maximum absolute atomic E-state index is 13.2. The van der Waals surface area contributed by atoms with Gasteiger partial charge >= 0.3 is 0 Å². The summed E-state index contributed by atoms with van der Waals surface area (Å²) in [5.41, 5.74) is 4.03. The molecule has 0 saturated carbocycles. The number of benzene rings is 3. The lowest BCUT2D eigenvalue weighted by Gasteiger charge is -2.19. The number of fused-ring (bicyclic) bond motifs is 1. The highest BCUT2D eigenvalue weighted by atomic mass is 79.9. The molecule has 1 heterocycles. The lowest BCUT2D eigenvalue weighted by Crippen LogP contribution is -2.15. The van der Waals surface area contributed by atoms with E-state index in [0.717, 1.165) is 26.9 Å². The molecule has 4 heteroatoms. The van der Waals surface area contributed by atoms with Gasteiger partial charge in [0.25, 0.3) is 0 Å². The summed E-state index contributed by atoms with van der Waals surface area (Å²) < 4.78 is 3.05. The molecule has 128 valence electrons. The van der Waals surface area contributed by atoms with Crippen LogP contribution in [0.5, 0.6) is 5.75 Å². The van der Waals surface area contributed by atoms with Crippen LogP contribution in [0.2, 0.25) is 0 Å². The zero-order valence-corrected chi connectivity index (χ0v) is 15.7. The second-order valence-corrected chi connectivity index (χ2v) is 7.08. The fourth-order valence-electron chi connectivity index (χ4n) is 3.36. The molecular weight excluding hydrogens is 390 g/mol. The van der Waals surface area contributed by atoms with Crippen LogP contribution in [0.4, 0.5) is 0 Å². The number of halogens is 1. The van der Waals surface area contributed by atoms with Crippen molar-refractivity contribution in [1.82, 2.24) is 4.57 Å². The maximum Gasteiger partial charge on any atom is 0.197 e. The van der Waals surface area contributed by atoms with Gasteiger partial charge in [-0.1, -0.05) is 46.3 Å². The number of aromatic nitrogens is 1.